The number of benzene rings is 14. The molecule has 4 nitrogen and oxygen atoms in total. The minimum Gasteiger partial charge on any atom is -0.457 e. The first-order valence-corrected chi connectivity index (χ1v) is 33.0. The summed E-state index contributed by atoms with van der Waals surface area (Å²) in [6, 6.07) is 81.0. The number of ether oxygens (including phenoxy) is 2. The van der Waals surface area contributed by atoms with Gasteiger partial charge >= 0.3 is 0 Å². The van der Waals surface area contributed by atoms with E-state index in [0.29, 0.717) is 125 Å². The van der Waals surface area contributed by atoms with Gasteiger partial charge < -0.3 is 19.3 Å². The standard InChI is InChI=1S/C90H54F10N2O2/c1-3-53-13-39-67(40-14-53)103-69-43-21-57(22-44-69)89(79-51-81(93)85(97)87(99)83(79)95)75-11-7-5-9-71(75)73-47-37-65(49-77(73)89)101(63-33-25-59(91)26-34-63)61-29-17-55(18-30-61)56-19-31-62(32-20-56)102(64-35-27-60(92)28-36-64)66-38-48-74-72-10-6-8-12-76(72)90(78(74)50-66,80-52-82(94)86(98)88(100)84(80)96)58-23-45-70(46-24-58)104-68-41-15-54(4-2)16-42-68/h3-52H,1-2H2. The van der Waals surface area contributed by atoms with E-state index in [2.05, 4.69) is 13.2 Å². The normalized spacial score (nSPS) is 14.6. The SMILES string of the molecule is C=Cc1ccc(Oc2ccc(C3(c4cc(F)c(F)c(F)c4F)c4ccccc4-c4ccc(N(c5ccc(F)cc5)c5ccc(-c6ccc(N(c7ccc(F)cc7)c7ccc8c(c7)C(c7ccc(Oc9ccc(C=C)cc9)cc7)(c7cc(F)c(F)c(F)c7F)c7ccccc7-8)cc6)cc5)cc43)cc2)cc1. The van der Waals surface area contributed by atoms with Crippen LogP contribution >= 0.6 is 0 Å². The van der Waals surface area contributed by atoms with Crippen LogP contribution in [0.2, 0.25) is 0 Å². The third-order valence-corrected chi connectivity index (χ3v) is 19.6. The number of rotatable bonds is 17. The van der Waals surface area contributed by atoms with E-state index in [0.717, 1.165) is 22.3 Å². The molecule has 0 fully saturated rings. The van der Waals surface area contributed by atoms with Crippen LogP contribution in [-0.4, -0.2) is 0 Å². The predicted octanol–water partition coefficient (Wildman–Crippen LogP) is 25.3. The molecule has 0 aliphatic heterocycles. The first-order valence-electron chi connectivity index (χ1n) is 33.0. The molecule has 2 aliphatic carbocycles. The summed E-state index contributed by atoms with van der Waals surface area (Å²) in [5.74, 6) is -13.4. The second-order valence-corrected chi connectivity index (χ2v) is 25.3. The van der Waals surface area contributed by atoms with E-state index in [-0.39, 0.29) is 0 Å². The molecule has 14 aromatic rings. The van der Waals surface area contributed by atoms with Crippen LogP contribution in [0.1, 0.15) is 55.6 Å². The van der Waals surface area contributed by atoms with Gasteiger partial charge in [-0.3, -0.25) is 0 Å². The molecule has 16 rings (SSSR count). The van der Waals surface area contributed by atoms with E-state index >= 15 is 35.1 Å². The van der Waals surface area contributed by atoms with Gasteiger partial charge in [0.05, 0.1) is 10.8 Å². The van der Waals surface area contributed by atoms with Gasteiger partial charge in [0.15, 0.2) is 46.5 Å². The van der Waals surface area contributed by atoms with Crippen LogP contribution < -0.4 is 19.3 Å². The highest BCUT2D eigenvalue weighted by Gasteiger charge is 2.51. The van der Waals surface area contributed by atoms with Gasteiger partial charge in [-0.05, 0) is 236 Å². The average Bonchev–Trinajstić information content (AvgIpc) is 1.37. The number of hydrogen-bond acceptors (Lipinski definition) is 4. The molecule has 0 N–H and O–H groups in total. The van der Waals surface area contributed by atoms with Crippen LogP contribution in [0.4, 0.5) is 78.0 Å². The van der Waals surface area contributed by atoms with Crippen LogP contribution in [0.5, 0.6) is 23.0 Å². The number of nitrogens with zero attached hydrogens (tertiary/aromatic N) is 2. The largest absolute Gasteiger partial charge is 0.457 e. The van der Waals surface area contributed by atoms with Gasteiger partial charge in [-0.1, -0.05) is 159 Å². The molecule has 0 amide bonds. The quantitative estimate of drug-likeness (QED) is 0.0515. The maximum atomic E-state index is 17.1. The van der Waals surface area contributed by atoms with E-state index in [9.17, 15) is 8.78 Å². The lowest BCUT2D eigenvalue weighted by Gasteiger charge is -2.35. The topological polar surface area (TPSA) is 24.9 Å². The Labute approximate surface area is 591 Å². The van der Waals surface area contributed by atoms with Crippen molar-refractivity contribution < 1.29 is 53.4 Å². The fraction of sp³-hybridized carbons (Fsp3) is 0.0222. The van der Waals surface area contributed by atoms with Gasteiger partial charge in [-0.2, -0.15) is 0 Å². The van der Waals surface area contributed by atoms with Gasteiger partial charge in [-0.25, -0.2) is 43.9 Å². The van der Waals surface area contributed by atoms with E-state index in [1.54, 1.807) is 158 Å². The second-order valence-electron chi connectivity index (χ2n) is 25.3. The Morgan fingerprint density at radius 1 is 0.260 bits per heavy atom. The maximum absolute atomic E-state index is 17.1. The molecule has 0 saturated heterocycles. The van der Waals surface area contributed by atoms with E-state index in [4.69, 9.17) is 9.47 Å². The monoisotopic (exact) mass is 1380 g/mol. The summed E-state index contributed by atoms with van der Waals surface area (Å²) in [5.41, 5.74) is 6.61. The van der Waals surface area contributed by atoms with Crippen LogP contribution in [0, 0.1) is 58.2 Å². The third kappa shape index (κ3) is 11.0. The van der Waals surface area contributed by atoms with E-state index < -0.39 is 80.1 Å². The fourth-order valence-corrected chi connectivity index (χ4v) is 14.9. The summed E-state index contributed by atoms with van der Waals surface area (Å²) >= 11 is 0. The van der Waals surface area contributed by atoms with Crippen molar-refractivity contribution in [2.45, 2.75) is 10.8 Å². The maximum Gasteiger partial charge on any atom is 0.197 e. The van der Waals surface area contributed by atoms with Crippen molar-refractivity contribution in [3.63, 3.8) is 0 Å². The summed E-state index contributed by atoms with van der Waals surface area (Å²) in [6.07, 6.45) is 3.40. The Kier molecular flexibility index (Phi) is 16.6. The zero-order chi connectivity index (χ0) is 71.7. The summed E-state index contributed by atoms with van der Waals surface area (Å²) in [6.45, 7) is 7.63. The summed E-state index contributed by atoms with van der Waals surface area (Å²) in [4.78, 5) is 3.71. The fourth-order valence-electron chi connectivity index (χ4n) is 14.9. The molecule has 0 heterocycles. The average molecular weight is 1390 g/mol. The molecule has 0 aromatic heterocycles. The Balaban J connectivity index is 0.786. The molecule has 0 bridgehead atoms. The molecule has 14 aromatic carbocycles. The molecular weight excluding hydrogens is 1330 g/mol. The number of anilines is 6. The first-order chi connectivity index (χ1) is 50.5. The van der Waals surface area contributed by atoms with Crippen molar-refractivity contribution in [3.05, 3.63) is 418 Å². The number of hydrogen-bond donors (Lipinski definition) is 0. The molecular formula is C90H54F10N2O2. The zero-order valence-electron chi connectivity index (χ0n) is 54.8. The molecule has 2 atom stereocenters. The Morgan fingerprint density at radius 3 is 0.894 bits per heavy atom. The van der Waals surface area contributed by atoms with Crippen molar-refractivity contribution >= 4 is 46.3 Å². The Bertz CT molecular complexity index is 5340. The van der Waals surface area contributed by atoms with Crippen molar-refractivity contribution in [2.24, 2.45) is 0 Å². The zero-order valence-corrected chi connectivity index (χ0v) is 54.8. The lowest BCUT2D eigenvalue weighted by Crippen LogP contribution is -2.31. The van der Waals surface area contributed by atoms with E-state index in [1.165, 1.54) is 24.3 Å². The van der Waals surface area contributed by atoms with Gasteiger partial charge in [0, 0.05) is 45.3 Å². The van der Waals surface area contributed by atoms with Crippen molar-refractivity contribution in [2.75, 3.05) is 9.80 Å². The Hall–Kier alpha value is -12.9. The molecule has 506 valence electrons. The lowest BCUT2D eigenvalue weighted by atomic mass is 9.67. The third-order valence-electron chi connectivity index (χ3n) is 19.6. The van der Waals surface area contributed by atoms with Crippen LogP contribution in [0.25, 0.3) is 45.5 Å². The lowest BCUT2D eigenvalue weighted by molar-refractivity contribution is 0.399. The summed E-state index contributed by atoms with van der Waals surface area (Å²) in [5, 5.41) is 0. The van der Waals surface area contributed by atoms with Crippen LogP contribution in [0.3, 0.4) is 0 Å². The molecule has 0 radical (unpaired) electrons. The Morgan fingerprint density at radius 2 is 0.558 bits per heavy atom. The summed E-state index contributed by atoms with van der Waals surface area (Å²) in [7, 11) is 0. The smallest absolute Gasteiger partial charge is 0.197 e. The molecule has 0 saturated carbocycles. The molecule has 0 spiro atoms. The van der Waals surface area contributed by atoms with Crippen LogP contribution in [0.15, 0.2) is 304 Å². The van der Waals surface area contributed by atoms with Crippen LogP contribution in [-0.2, 0) is 10.8 Å². The molecule has 104 heavy (non-hydrogen) atoms. The summed E-state index contributed by atoms with van der Waals surface area (Å²) < 4.78 is 171. The van der Waals surface area contributed by atoms with E-state index in [1.807, 2.05) is 119 Å². The minimum absolute atomic E-state index is 0.370. The van der Waals surface area contributed by atoms with Crippen molar-refractivity contribution in [3.8, 4) is 56.4 Å². The van der Waals surface area contributed by atoms with Gasteiger partial charge in [0.2, 0.25) is 0 Å². The second kappa shape index (κ2) is 26.2. The first kappa shape index (κ1) is 65.7. The highest BCUT2D eigenvalue weighted by molar-refractivity contribution is 5.92. The van der Waals surface area contributed by atoms with Crippen molar-refractivity contribution in [1.29, 1.82) is 0 Å². The highest BCUT2D eigenvalue weighted by Crippen LogP contribution is 2.61. The molecule has 2 unspecified atom stereocenters. The number of fused-ring (bicyclic) bond motifs is 6. The predicted molar refractivity (Wildman–Crippen MR) is 389 cm³/mol. The minimum atomic E-state index is -1.98. The van der Waals surface area contributed by atoms with Gasteiger partial charge in [0.25, 0.3) is 0 Å². The highest BCUT2D eigenvalue weighted by atomic mass is 19.2. The molecule has 2 aliphatic rings. The van der Waals surface area contributed by atoms with Crippen molar-refractivity contribution in [1.82, 2.24) is 0 Å². The van der Waals surface area contributed by atoms with Gasteiger partial charge in [-0.15, -0.1) is 0 Å². The number of halogens is 10. The van der Waals surface area contributed by atoms with Gasteiger partial charge in [0.1, 0.15) is 34.6 Å². The molecule has 14 heteroatoms.